The number of benzene rings is 1. The summed E-state index contributed by atoms with van der Waals surface area (Å²) in [6.45, 7) is 4.28. The topological polar surface area (TPSA) is 54.0 Å². The van der Waals surface area contributed by atoms with Crippen molar-refractivity contribution >= 4 is 11.6 Å². The molecule has 0 aliphatic heterocycles. The van der Waals surface area contributed by atoms with Crippen LogP contribution in [0.5, 0.6) is 0 Å². The second-order valence-electron chi connectivity index (χ2n) is 4.38. The van der Waals surface area contributed by atoms with Crippen LogP contribution >= 0.6 is 0 Å². The fourth-order valence-corrected chi connectivity index (χ4v) is 1.73. The van der Waals surface area contributed by atoms with Crippen molar-refractivity contribution in [3.8, 4) is 0 Å². The van der Waals surface area contributed by atoms with Crippen molar-refractivity contribution in [2.45, 2.75) is 6.54 Å². The van der Waals surface area contributed by atoms with Crippen molar-refractivity contribution in [3.63, 3.8) is 0 Å². The van der Waals surface area contributed by atoms with Crippen LogP contribution in [0.1, 0.15) is 16.1 Å². The molecule has 0 atom stereocenters. The van der Waals surface area contributed by atoms with Gasteiger partial charge in [-0.3, -0.25) is 4.79 Å². The molecule has 108 valence electrons. The van der Waals surface area contributed by atoms with E-state index in [0.29, 0.717) is 24.3 Å². The molecule has 0 spiro atoms. The minimum Gasteiger partial charge on any atom is -0.380 e. The second-order valence-corrected chi connectivity index (χ2v) is 4.38. The summed E-state index contributed by atoms with van der Waals surface area (Å²) < 4.78 is 13.5. The minimum absolute atomic E-state index is 0.251. The van der Waals surface area contributed by atoms with Crippen LogP contribution in [0.4, 0.5) is 10.1 Å². The van der Waals surface area contributed by atoms with E-state index in [1.807, 2.05) is 0 Å². The third-order valence-corrected chi connectivity index (χ3v) is 2.84. The zero-order chi connectivity index (χ0) is 15.1. The lowest BCUT2D eigenvalue weighted by atomic mass is 10.2. The van der Waals surface area contributed by atoms with Gasteiger partial charge >= 0.3 is 0 Å². The number of anilines is 1. The summed E-state index contributed by atoms with van der Waals surface area (Å²) in [5.41, 5.74) is 1.62. The van der Waals surface area contributed by atoms with E-state index >= 15 is 0 Å². The molecule has 0 fully saturated rings. The van der Waals surface area contributed by atoms with Crippen LogP contribution in [0, 0.1) is 5.82 Å². The maximum absolute atomic E-state index is 13.5. The van der Waals surface area contributed by atoms with Gasteiger partial charge in [0.2, 0.25) is 0 Å². The number of nitrogens with one attached hydrogen (secondary N) is 2. The highest BCUT2D eigenvalue weighted by molar-refractivity contribution is 5.92. The van der Waals surface area contributed by atoms with Crippen molar-refractivity contribution in [1.29, 1.82) is 0 Å². The zero-order valence-electron chi connectivity index (χ0n) is 11.5. The smallest absolute Gasteiger partial charge is 0.270 e. The van der Waals surface area contributed by atoms with Gasteiger partial charge in [0.1, 0.15) is 11.5 Å². The van der Waals surface area contributed by atoms with Crippen molar-refractivity contribution in [2.75, 3.05) is 11.9 Å². The van der Waals surface area contributed by atoms with Gasteiger partial charge in [-0.05, 0) is 18.2 Å². The Balaban J connectivity index is 1.95. The summed E-state index contributed by atoms with van der Waals surface area (Å²) in [7, 11) is 0. The van der Waals surface area contributed by atoms with Gasteiger partial charge in [0.15, 0.2) is 0 Å². The molecule has 0 saturated carbocycles. The highest BCUT2D eigenvalue weighted by Crippen LogP contribution is 2.11. The number of pyridine rings is 1. The number of hydrogen-bond donors (Lipinski definition) is 2. The van der Waals surface area contributed by atoms with Crippen LogP contribution in [-0.4, -0.2) is 17.4 Å². The monoisotopic (exact) mass is 285 g/mol. The number of hydrogen-bond acceptors (Lipinski definition) is 3. The lowest BCUT2D eigenvalue weighted by Crippen LogP contribution is -2.24. The molecule has 0 bridgehead atoms. The first kappa shape index (κ1) is 14.7. The largest absolute Gasteiger partial charge is 0.380 e. The normalized spacial score (nSPS) is 9.95. The van der Waals surface area contributed by atoms with Gasteiger partial charge in [-0.15, -0.1) is 6.58 Å². The van der Waals surface area contributed by atoms with E-state index in [9.17, 15) is 9.18 Å². The highest BCUT2D eigenvalue weighted by atomic mass is 19.1. The molecule has 1 aromatic carbocycles. The number of rotatable bonds is 6. The van der Waals surface area contributed by atoms with Gasteiger partial charge in [-0.2, -0.15) is 0 Å². The van der Waals surface area contributed by atoms with Gasteiger partial charge in [0.05, 0.1) is 11.9 Å². The number of halogens is 1. The molecule has 0 aliphatic carbocycles. The Kier molecular flexibility index (Phi) is 5.04. The van der Waals surface area contributed by atoms with E-state index in [-0.39, 0.29) is 11.7 Å². The van der Waals surface area contributed by atoms with Gasteiger partial charge in [0, 0.05) is 18.7 Å². The maximum atomic E-state index is 13.5. The summed E-state index contributed by atoms with van der Waals surface area (Å²) in [6, 6.07) is 9.91. The summed E-state index contributed by atoms with van der Waals surface area (Å²) in [6.07, 6.45) is 3.14. The van der Waals surface area contributed by atoms with Crippen LogP contribution < -0.4 is 10.6 Å². The lowest BCUT2D eigenvalue weighted by Gasteiger charge is -2.08. The van der Waals surface area contributed by atoms with Crippen LogP contribution in [0.25, 0.3) is 0 Å². The van der Waals surface area contributed by atoms with E-state index in [1.165, 1.54) is 6.07 Å². The molecule has 0 radical (unpaired) electrons. The molecule has 0 unspecified atom stereocenters. The SMILES string of the molecule is C=CCNC(=O)c1ccc(NCc2ccccc2F)cn1. The van der Waals surface area contributed by atoms with E-state index in [1.54, 1.807) is 42.6 Å². The molecule has 21 heavy (non-hydrogen) atoms. The summed E-state index contributed by atoms with van der Waals surface area (Å²) >= 11 is 0. The van der Waals surface area contributed by atoms with E-state index < -0.39 is 0 Å². The van der Waals surface area contributed by atoms with E-state index in [0.717, 1.165) is 5.69 Å². The Morgan fingerprint density at radius 2 is 2.10 bits per heavy atom. The van der Waals surface area contributed by atoms with Crippen molar-refractivity contribution < 1.29 is 9.18 Å². The Morgan fingerprint density at radius 1 is 1.29 bits per heavy atom. The molecule has 0 saturated heterocycles. The average molecular weight is 285 g/mol. The van der Waals surface area contributed by atoms with Gasteiger partial charge in [-0.25, -0.2) is 9.37 Å². The van der Waals surface area contributed by atoms with Crippen LogP contribution in [-0.2, 0) is 6.54 Å². The Bertz CT molecular complexity index is 626. The van der Waals surface area contributed by atoms with Crippen LogP contribution in [0.2, 0.25) is 0 Å². The molecule has 2 N–H and O–H groups in total. The average Bonchev–Trinajstić information content (AvgIpc) is 2.52. The molecule has 2 aromatic rings. The molecule has 1 heterocycles. The first-order chi connectivity index (χ1) is 10.2. The van der Waals surface area contributed by atoms with Crippen LogP contribution in [0.15, 0.2) is 55.3 Å². The quantitative estimate of drug-likeness (QED) is 0.802. The van der Waals surface area contributed by atoms with Gasteiger partial charge in [-0.1, -0.05) is 24.3 Å². The Morgan fingerprint density at radius 3 is 2.76 bits per heavy atom. The first-order valence-electron chi connectivity index (χ1n) is 6.53. The van der Waals surface area contributed by atoms with E-state index in [4.69, 9.17) is 0 Å². The zero-order valence-corrected chi connectivity index (χ0v) is 11.5. The lowest BCUT2D eigenvalue weighted by molar-refractivity contribution is 0.0953. The Labute approximate surface area is 122 Å². The van der Waals surface area contributed by atoms with Crippen molar-refractivity contribution in [2.24, 2.45) is 0 Å². The molecular formula is C16H16FN3O. The number of carbonyl (C=O) groups is 1. The number of aromatic nitrogens is 1. The van der Waals surface area contributed by atoms with Crippen molar-refractivity contribution in [3.05, 3.63) is 72.3 Å². The molecule has 1 amide bonds. The predicted molar refractivity (Wildman–Crippen MR) is 80.5 cm³/mol. The third kappa shape index (κ3) is 4.14. The van der Waals surface area contributed by atoms with Gasteiger partial charge in [0.25, 0.3) is 5.91 Å². The Hall–Kier alpha value is -2.69. The standard InChI is InChI=1S/C16H16FN3O/c1-2-9-18-16(21)15-8-7-13(11-20-15)19-10-12-5-3-4-6-14(12)17/h2-8,11,19H,1,9-10H2,(H,18,21). The molecule has 0 aliphatic rings. The number of amides is 1. The highest BCUT2D eigenvalue weighted by Gasteiger charge is 2.06. The molecular weight excluding hydrogens is 269 g/mol. The summed E-state index contributed by atoms with van der Waals surface area (Å²) in [5.74, 6) is -0.506. The van der Waals surface area contributed by atoms with Crippen LogP contribution in [0.3, 0.4) is 0 Å². The van der Waals surface area contributed by atoms with Gasteiger partial charge < -0.3 is 10.6 Å². The fraction of sp³-hybridized carbons (Fsp3) is 0.125. The summed E-state index contributed by atoms with van der Waals surface area (Å²) in [4.78, 5) is 15.7. The minimum atomic E-state index is -0.254. The maximum Gasteiger partial charge on any atom is 0.270 e. The van der Waals surface area contributed by atoms with E-state index in [2.05, 4.69) is 22.2 Å². The second kappa shape index (κ2) is 7.19. The molecule has 2 rings (SSSR count). The number of nitrogens with zero attached hydrogens (tertiary/aromatic N) is 1. The number of carbonyl (C=O) groups excluding carboxylic acids is 1. The predicted octanol–water partition coefficient (Wildman–Crippen LogP) is 2.75. The third-order valence-electron chi connectivity index (χ3n) is 2.84. The van der Waals surface area contributed by atoms with Crippen molar-refractivity contribution in [1.82, 2.24) is 10.3 Å². The first-order valence-corrected chi connectivity index (χ1v) is 6.53. The molecule has 4 nitrogen and oxygen atoms in total. The molecule has 5 heteroatoms. The fourth-order valence-electron chi connectivity index (χ4n) is 1.73. The summed E-state index contributed by atoms with van der Waals surface area (Å²) in [5, 5.41) is 5.70. The molecule has 1 aromatic heterocycles.